The Kier molecular flexibility index (Phi) is 6.95. The highest BCUT2D eigenvalue weighted by molar-refractivity contribution is 5.04. The average molecular weight is 240 g/mol. The summed E-state index contributed by atoms with van der Waals surface area (Å²) in [5.74, 6) is 0. The van der Waals surface area contributed by atoms with Crippen LogP contribution >= 0.6 is 0 Å². The van der Waals surface area contributed by atoms with Gasteiger partial charge in [-0.15, -0.1) is 0 Å². The molecule has 0 radical (unpaired) electrons. The number of aliphatic hydroxyl groups excluding tert-OH is 6. The van der Waals surface area contributed by atoms with E-state index in [9.17, 15) is 15.3 Å². The first-order valence-electron chi connectivity index (χ1n) is 4.81. The van der Waals surface area contributed by atoms with Crippen molar-refractivity contribution in [3.8, 4) is 0 Å². The van der Waals surface area contributed by atoms with E-state index in [1.165, 1.54) is 7.05 Å². The van der Waals surface area contributed by atoms with E-state index < -0.39 is 43.7 Å². The van der Waals surface area contributed by atoms with Crippen LogP contribution in [0.1, 0.15) is 0 Å². The third-order valence-corrected chi connectivity index (χ3v) is 2.51. The van der Waals surface area contributed by atoms with Gasteiger partial charge < -0.3 is 30.6 Å². The van der Waals surface area contributed by atoms with Gasteiger partial charge in [-0.1, -0.05) is 0 Å². The molecule has 0 amide bonds. The summed E-state index contributed by atoms with van der Waals surface area (Å²) in [4.78, 5) is 0. The molecule has 0 spiro atoms. The van der Waals surface area contributed by atoms with Gasteiger partial charge in [0.05, 0.1) is 19.8 Å². The molecule has 0 aromatic heterocycles. The third kappa shape index (κ3) is 2.87. The number of hydrogen-bond donors (Lipinski definition) is 8. The van der Waals surface area contributed by atoms with Crippen molar-refractivity contribution < 1.29 is 30.6 Å². The van der Waals surface area contributed by atoms with Crippen molar-refractivity contribution in [2.45, 2.75) is 23.9 Å². The zero-order chi connectivity index (χ0) is 12.8. The molecule has 3 unspecified atom stereocenters. The monoisotopic (exact) mass is 240 g/mol. The van der Waals surface area contributed by atoms with E-state index in [2.05, 4.69) is 10.9 Å². The average Bonchev–Trinajstić information content (AvgIpc) is 2.32. The summed E-state index contributed by atoms with van der Waals surface area (Å²) in [6.07, 6.45) is -4.74. The third-order valence-electron chi connectivity index (χ3n) is 2.51. The lowest BCUT2D eigenvalue weighted by Gasteiger charge is -2.43. The lowest BCUT2D eigenvalue weighted by molar-refractivity contribution is -0.139. The van der Waals surface area contributed by atoms with Crippen molar-refractivity contribution in [2.75, 3.05) is 26.9 Å². The van der Waals surface area contributed by atoms with E-state index >= 15 is 0 Å². The van der Waals surface area contributed by atoms with E-state index in [4.69, 9.17) is 15.3 Å². The van der Waals surface area contributed by atoms with Gasteiger partial charge in [0.15, 0.2) is 0 Å². The second-order valence-corrected chi connectivity index (χ2v) is 3.40. The van der Waals surface area contributed by atoms with E-state index in [1.807, 2.05) is 0 Å². The van der Waals surface area contributed by atoms with Crippen molar-refractivity contribution >= 4 is 0 Å². The fraction of sp³-hybridized carbons (Fsp3) is 1.00. The molecular formula is C8H20N2O6. The molecule has 8 N–H and O–H groups in total. The fourth-order valence-corrected chi connectivity index (χ4v) is 1.59. The number of hydrazine groups is 1. The van der Waals surface area contributed by atoms with Crippen LogP contribution in [0.5, 0.6) is 0 Å². The summed E-state index contributed by atoms with van der Waals surface area (Å²) in [5.41, 5.74) is 2.89. The first-order chi connectivity index (χ1) is 7.50. The Bertz CT molecular complexity index is 167. The van der Waals surface area contributed by atoms with Gasteiger partial charge in [0, 0.05) is 0 Å². The second kappa shape index (κ2) is 7.09. The first-order valence-corrected chi connectivity index (χ1v) is 4.81. The first kappa shape index (κ1) is 15.7. The summed E-state index contributed by atoms with van der Waals surface area (Å²) in [7, 11) is 1.41. The molecule has 98 valence electrons. The maximum Gasteiger partial charge on any atom is 0.116 e. The molecule has 0 aliphatic rings. The van der Waals surface area contributed by atoms with Gasteiger partial charge in [-0.05, 0) is 7.05 Å². The largest absolute Gasteiger partial charge is 0.394 e. The molecule has 0 rings (SSSR count). The number of hydrogen-bond acceptors (Lipinski definition) is 8. The maximum absolute atomic E-state index is 9.61. The topological polar surface area (TPSA) is 145 Å². The molecule has 8 heteroatoms. The van der Waals surface area contributed by atoms with Crippen molar-refractivity contribution in [3.63, 3.8) is 0 Å². The van der Waals surface area contributed by atoms with E-state index in [-0.39, 0.29) is 0 Å². The zero-order valence-electron chi connectivity index (χ0n) is 9.04. The maximum atomic E-state index is 9.61. The van der Waals surface area contributed by atoms with Crippen LogP contribution in [0.2, 0.25) is 0 Å². The van der Waals surface area contributed by atoms with Crippen molar-refractivity contribution in [1.29, 1.82) is 0 Å². The lowest BCUT2D eigenvalue weighted by atomic mass is 9.82. The van der Waals surface area contributed by atoms with Crippen LogP contribution in [0.25, 0.3) is 0 Å². The van der Waals surface area contributed by atoms with Gasteiger partial charge in [-0.3, -0.25) is 5.43 Å². The Morgan fingerprint density at radius 3 is 1.38 bits per heavy atom. The highest BCUT2D eigenvalue weighted by Crippen LogP contribution is 2.20. The molecular weight excluding hydrogens is 220 g/mol. The SMILES string of the molecule is CNNC(C(O)CO)(C(O)CO)C(O)CO. The minimum atomic E-state index is -1.87. The standard InChI is InChI=1S/C8H20N2O6/c1-9-10-8(5(14)2-11,6(15)3-12)7(16)4-13/h5-7,9-16H,2-4H2,1H3. The van der Waals surface area contributed by atoms with Crippen LogP contribution in [-0.2, 0) is 0 Å². The smallest absolute Gasteiger partial charge is 0.116 e. The van der Waals surface area contributed by atoms with Gasteiger partial charge in [-0.2, -0.15) is 0 Å². The van der Waals surface area contributed by atoms with Crippen LogP contribution in [-0.4, -0.2) is 81.4 Å². The Balaban J connectivity index is 5.19. The van der Waals surface area contributed by atoms with Crippen molar-refractivity contribution in [1.82, 2.24) is 10.9 Å². The van der Waals surface area contributed by atoms with Crippen molar-refractivity contribution in [3.05, 3.63) is 0 Å². The van der Waals surface area contributed by atoms with Gasteiger partial charge in [0.25, 0.3) is 0 Å². The number of aliphatic hydroxyl groups is 6. The minimum absolute atomic E-state index is 0.761. The molecule has 0 aromatic carbocycles. The molecule has 0 aromatic rings. The Hall–Kier alpha value is -0.320. The van der Waals surface area contributed by atoms with Gasteiger partial charge in [0.2, 0.25) is 0 Å². The molecule has 0 bridgehead atoms. The van der Waals surface area contributed by atoms with Crippen molar-refractivity contribution in [2.24, 2.45) is 0 Å². The minimum Gasteiger partial charge on any atom is -0.394 e. The van der Waals surface area contributed by atoms with Crippen LogP contribution in [0, 0.1) is 0 Å². The highest BCUT2D eigenvalue weighted by Gasteiger charge is 2.49. The molecule has 3 atom stereocenters. The second-order valence-electron chi connectivity index (χ2n) is 3.40. The molecule has 0 aliphatic heterocycles. The lowest BCUT2D eigenvalue weighted by Crippen LogP contribution is -2.73. The van der Waals surface area contributed by atoms with E-state index in [0.29, 0.717) is 0 Å². The zero-order valence-corrected chi connectivity index (χ0v) is 9.04. The van der Waals surface area contributed by atoms with Gasteiger partial charge in [0.1, 0.15) is 23.9 Å². The molecule has 0 saturated heterocycles. The Labute approximate surface area is 93.1 Å². The van der Waals surface area contributed by atoms with Gasteiger partial charge >= 0.3 is 0 Å². The quantitative estimate of drug-likeness (QED) is 0.198. The summed E-state index contributed by atoms with van der Waals surface area (Å²) in [5, 5.41) is 55.5. The number of nitrogens with one attached hydrogen (secondary N) is 2. The summed E-state index contributed by atoms with van der Waals surface area (Å²) in [6.45, 7) is -2.28. The molecule has 0 aliphatic carbocycles. The Morgan fingerprint density at radius 1 is 0.875 bits per heavy atom. The molecule has 8 nitrogen and oxygen atoms in total. The summed E-state index contributed by atoms with van der Waals surface area (Å²) in [6, 6.07) is 0. The Morgan fingerprint density at radius 2 is 1.19 bits per heavy atom. The molecule has 16 heavy (non-hydrogen) atoms. The fourth-order valence-electron chi connectivity index (χ4n) is 1.59. The van der Waals surface area contributed by atoms with Crippen LogP contribution < -0.4 is 10.9 Å². The van der Waals surface area contributed by atoms with Crippen LogP contribution in [0.3, 0.4) is 0 Å². The molecule has 0 fully saturated rings. The van der Waals surface area contributed by atoms with E-state index in [0.717, 1.165) is 0 Å². The number of rotatable bonds is 8. The normalized spacial score (nSPS) is 21.2. The summed E-state index contributed by atoms with van der Waals surface area (Å²) < 4.78 is 0. The summed E-state index contributed by atoms with van der Waals surface area (Å²) >= 11 is 0. The predicted molar refractivity (Wildman–Crippen MR) is 54.2 cm³/mol. The molecule has 0 heterocycles. The highest BCUT2D eigenvalue weighted by atomic mass is 16.4. The van der Waals surface area contributed by atoms with Gasteiger partial charge in [-0.25, -0.2) is 5.43 Å². The van der Waals surface area contributed by atoms with Crippen LogP contribution in [0.4, 0.5) is 0 Å². The van der Waals surface area contributed by atoms with E-state index in [1.54, 1.807) is 0 Å². The predicted octanol–water partition coefficient (Wildman–Crippen LogP) is -4.49. The van der Waals surface area contributed by atoms with Crippen LogP contribution in [0.15, 0.2) is 0 Å². The molecule has 0 saturated carbocycles.